The number of benzene rings is 1. The van der Waals surface area contributed by atoms with Gasteiger partial charge >= 0.3 is 0 Å². The molecule has 0 unspecified atom stereocenters. The van der Waals surface area contributed by atoms with Crippen molar-refractivity contribution in [1.29, 1.82) is 0 Å². The van der Waals surface area contributed by atoms with E-state index in [0.717, 1.165) is 43.1 Å². The van der Waals surface area contributed by atoms with E-state index in [-0.39, 0.29) is 11.9 Å². The molecule has 3 rings (SSSR count). The fourth-order valence-electron chi connectivity index (χ4n) is 4.08. The number of amides is 1. The van der Waals surface area contributed by atoms with Crippen LogP contribution in [-0.2, 0) is 0 Å². The first-order chi connectivity index (χ1) is 12.4. The van der Waals surface area contributed by atoms with Crippen molar-refractivity contribution in [2.45, 2.75) is 46.7 Å². The first-order valence-electron chi connectivity index (χ1n) is 9.67. The summed E-state index contributed by atoms with van der Waals surface area (Å²) in [5, 5.41) is 0. The van der Waals surface area contributed by atoms with E-state index >= 15 is 0 Å². The molecule has 0 saturated carbocycles. The van der Waals surface area contributed by atoms with Crippen LogP contribution in [0.4, 0.5) is 0 Å². The number of piperazine rings is 1. The molecule has 1 fully saturated rings. The van der Waals surface area contributed by atoms with Gasteiger partial charge in [0.25, 0.3) is 5.91 Å². The molecule has 4 nitrogen and oxygen atoms in total. The third-order valence-electron chi connectivity index (χ3n) is 5.72. The largest absolute Gasteiger partial charge is 0.341 e. The summed E-state index contributed by atoms with van der Waals surface area (Å²) in [7, 11) is 0. The Morgan fingerprint density at radius 1 is 0.962 bits per heavy atom. The van der Waals surface area contributed by atoms with Gasteiger partial charge in [0.2, 0.25) is 0 Å². The van der Waals surface area contributed by atoms with Crippen LogP contribution in [0.15, 0.2) is 36.4 Å². The minimum Gasteiger partial charge on any atom is -0.341 e. The van der Waals surface area contributed by atoms with Gasteiger partial charge in [0.15, 0.2) is 0 Å². The second-order valence-electron chi connectivity index (χ2n) is 7.66. The summed E-state index contributed by atoms with van der Waals surface area (Å²) < 4.78 is 2.28. The molecule has 26 heavy (non-hydrogen) atoms. The summed E-state index contributed by atoms with van der Waals surface area (Å²) in [6, 6.07) is 13.3. The molecule has 1 aromatic heterocycles. The lowest BCUT2D eigenvalue weighted by Crippen LogP contribution is -2.50. The maximum Gasteiger partial charge on any atom is 0.255 e. The molecule has 1 aliphatic heterocycles. The lowest BCUT2D eigenvalue weighted by atomic mass is 10.1. The van der Waals surface area contributed by atoms with Gasteiger partial charge < -0.3 is 9.47 Å². The predicted molar refractivity (Wildman–Crippen MR) is 107 cm³/mol. The average Bonchev–Trinajstić information content (AvgIpc) is 2.95. The van der Waals surface area contributed by atoms with Gasteiger partial charge in [0.1, 0.15) is 0 Å². The summed E-state index contributed by atoms with van der Waals surface area (Å²) in [4.78, 5) is 17.6. The quantitative estimate of drug-likeness (QED) is 0.834. The molecule has 0 spiro atoms. The van der Waals surface area contributed by atoms with E-state index in [9.17, 15) is 4.79 Å². The van der Waals surface area contributed by atoms with Crippen molar-refractivity contribution in [2.75, 3.05) is 26.2 Å². The molecule has 1 aliphatic rings. The van der Waals surface area contributed by atoms with Crippen LogP contribution in [0.5, 0.6) is 0 Å². The Morgan fingerprint density at radius 2 is 1.58 bits per heavy atom. The zero-order valence-corrected chi connectivity index (χ0v) is 16.7. The van der Waals surface area contributed by atoms with Gasteiger partial charge in [-0.15, -0.1) is 0 Å². The van der Waals surface area contributed by atoms with Crippen LogP contribution >= 0.6 is 0 Å². The Bertz CT molecular complexity index is 755. The normalized spacial score (nSPS) is 16.9. The SMILES string of the molecule is Cc1cc(C(=O)N2CCN(C(C)C)CC2)c(C)n1[C@@H](C)c1ccccc1. The molecule has 0 radical (unpaired) electrons. The third-order valence-corrected chi connectivity index (χ3v) is 5.72. The molecule has 0 N–H and O–H groups in total. The summed E-state index contributed by atoms with van der Waals surface area (Å²) in [5.41, 5.74) is 4.32. The van der Waals surface area contributed by atoms with E-state index < -0.39 is 0 Å². The second kappa shape index (κ2) is 7.67. The van der Waals surface area contributed by atoms with E-state index in [1.807, 2.05) is 11.0 Å². The van der Waals surface area contributed by atoms with E-state index in [1.165, 1.54) is 5.56 Å². The van der Waals surface area contributed by atoms with E-state index in [2.05, 4.69) is 74.4 Å². The molecule has 140 valence electrons. The number of hydrogen-bond acceptors (Lipinski definition) is 2. The highest BCUT2D eigenvalue weighted by Gasteiger charge is 2.26. The van der Waals surface area contributed by atoms with Crippen molar-refractivity contribution in [2.24, 2.45) is 0 Å². The summed E-state index contributed by atoms with van der Waals surface area (Å²) in [6.45, 7) is 14.4. The summed E-state index contributed by atoms with van der Waals surface area (Å²) >= 11 is 0. The Hall–Kier alpha value is -2.07. The zero-order valence-electron chi connectivity index (χ0n) is 16.7. The van der Waals surface area contributed by atoms with Crippen LogP contribution in [0.25, 0.3) is 0 Å². The van der Waals surface area contributed by atoms with Crippen molar-refractivity contribution < 1.29 is 4.79 Å². The highest BCUT2D eigenvalue weighted by Crippen LogP contribution is 2.26. The topological polar surface area (TPSA) is 28.5 Å². The molecule has 0 aliphatic carbocycles. The van der Waals surface area contributed by atoms with Crippen molar-refractivity contribution in [3.63, 3.8) is 0 Å². The molecule has 1 atom stereocenters. The molecular weight excluding hydrogens is 322 g/mol. The fraction of sp³-hybridized carbons (Fsp3) is 0.500. The maximum atomic E-state index is 13.1. The fourth-order valence-corrected chi connectivity index (χ4v) is 4.08. The van der Waals surface area contributed by atoms with Crippen molar-refractivity contribution in [3.8, 4) is 0 Å². The monoisotopic (exact) mass is 353 g/mol. The molecule has 4 heteroatoms. The minimum atomic E-state index is 0.174. The number of aromatic nitrogens is 1. The van der Waals surface area contributed by atoms with Crippen LogP contribution in [0.3, 0.4) is 0 Å². The number of rotatable bonds is 4. The second-order valence-corrected chi connectivity index (χ2v) is 7.66. The van der Waals surface area contributed by atoms with Crippen LogP contribution in [0.2, 0.25) is 0 Å². The molecular formula is C22H31N3O. The van der Waals surface area contributed by atoms with E-state index in [4.69, 9.17) is 0 Å². The maximum absolute atomic E-state index is 13.1. The summed E-state index contributed by atoms with van der Waals surface area (Å²) in [6.07, 6.45) is 0. The van der Waals surface area contributed by atoms with Crippen LogP contribution in [0.1, 0.15) is 54.1 Å². The van der Waals surface area contributed by atoms with Gasteiger partial charge in [-0.2, -0.15) is 0 Å². The van der Waals surface area contributed by atoms with Gasteiger partial charge in [-0.25, -0.2) is 0 Å². The van der Waals surface area contributed by atoms with Gasteiger partial charge in [-0.1, -0.05) is 30.3 Å². The number of aryl methyl sites for hydroxylation is 1. The highest BCUT2D eigenvalue weighted by atomic mass is 16.2. The van der Waals surface area contributed by atoms with Crippen molar-refractivity contribution in [3.05, 3.63) is 58.9 Å². The Morgan fingerprint density at radius 3 is 2.15 bits per heavy atom. The smallest absolute Gasteiger partial charge is 0.255 e. The van der Waals surface area contributed by atoms with Crippen LogP contribution < -0.4 is 0 Å². The molecule has 2 heterocycles. The molecule has 1 amide bonds. The standard InChI is InChI=1S/C22H31N3O/c1-16(2)23-11-13-24(14-12-23)22(26)21-15-17(3)25(19(21)5)18(4)20-9-7-6-8-10-20/h6-10,15-16,18H,11-14H2,1-5H3/t18-/m0/s1. The van der Waals surface area contributed by atoms with Gasteiger partial charge in [-0.05, 0) is 46.2 Å². The minimum absolute atomic E-state index is 0.174. The third kappa shape index (κ3) is 3.56. The first kappa shape index (κ1) is 18.7. The Labute approximate surface area is 157 Å². The highest BCUT2D eigenvalue weighted by molar-refractivity contribution is 5.95. The van der Waals surface area contributed by atoms with E-state index in [0.29, 0.717) is 6.04 Å². The lowest BCUT2D eigenvalue weighted by Gasteiger charge is -2.37. The predicted octanol–water partition coefficient (Wildman–Crippen LogP) is 3.88. The van der Waals surface area contributed by atoms with Gasteiger partial charge in [-0.3, -0.25) is 9.69 Å². The van der Waals surface area contributed by atoms with Crippen molar-refractivity contribution in [1.82, 2.24) is 14.4 Å². The molecule has 2 aromatic rings. The average molecular weight is 354 g/mol. The number of hydrogen-bond donors (Lipinski definition) is 0. The number of carbonyl (C=O) groups is 1. The Balaban J connectivity index is 1.81. The van der Waals surface area contributed by atoms with Crippen LogP contribution in [0, 0.1) is 13.8 Å². The van der Waals surface area contributed by atoms with E-state index in [1.54, 1.807) is 0 Å². The molecule has 1 aromatic carbocycles. The summed E-state index contributed by atoms with van der Waals surface area (Å²) in [5.74, 6) is 0.174. The Kier molecular flexibility index (Phi) is 5.52. The van der Waals surface area contributed by atoms with Gasteiger partial charge in [0, 0.05) is 43.6 Å². The molecule has 1 saturated heterocycles. The number of carbonyl (C=O) groups excluding carboxylic acids is 1. The zero-order chi connectivity index (χ0) is 18.8. The first-order valence-corrected chi connectivity index (χ1v) is 9.67. The van der Waals surface area contributed by atoms with Crippen LogP contribution in [-0.4, -0.2) is 52.5 Å². The van der Waals surface area contributed by atoms with Gasteiger partial charge in [0.05, 0.1) is 11.6 Å². The lowest BCUT2D eigenvalue weighted by molar-refractivity contribution is 0.0594. The van der Waals surface area contributed by atoms with Crippen molar-refractivity contribution >= 4 is 5.91 Å². The molecule has 0 bridgehead atoms. The number of nitrogens with zero attached hydrogens (tertiary/aromatic N) is 3.